The second kappa shape index (κ2) is 7.10. The lowest BCUT2D eigenvalue weighted by molar-refractivity contribution is 0.0730. The maximum Gasteiger partial charge on any atom is 0.270 e. The van der Waals surface area contributed by atoms with E-state index in [4.69, 9.17) is 4.74 Å². The van der Waals surface area contributed by atoms with Crippen LogP contribution in [0.15, 0.2) is 48.5 Å². The Hall–Kier alpha value is -3.02. The van der Waals surface area contributed by atoms with Gasteiger partial charge >= 0.3 is 0 Å². The summed E-state index contributed by atoms with van der Waals surface area (Å²) in [5.41, 5.74) is 2.75. The lowest BCUT2D eigenvalue weighted by atomic mass is 10.2. The van der Waals surface area contributed by atoms with Crippen molar-refractivity contribution < 1.29 is 13.9 Å². The van der Waals surface area contributed by atoms with Gasteiger partial charge in [0, 0.05) is 37.3 Å². The highest BCUT2D eigenvalue weighted by Gasteiger charge is 2.29. The summed E-state index contributed by atoms with van der Waals surface area (Å²) in [5, 5.41) is 1.05. The molecule has 2 aliphatic heterocycles. The zero-order valence-corrected chi connectivity index (χ0v) is 16.5. The number of amides is 1. The molecule has 1 aromatic heterocycles. The van der Waals surface area contributed by atoms with Crippen molar-refractivity contribution >= 4 is 22.5 Å². The molecule has 3 heterocycles. The Morgan fingerprint density at radius 1 is 1.10 bits per heavy atom. The Morgan fingerprint density at radius 2 is 1.86 bits per heavy atom. The smallest absolute Gasteiger partial charge is 0.270 e. The molecule has 2 aromatic carbocycles. The number of aromatic nitrogens is 1. The molecule has 1 saturated heterocycles. The summed E-state index contributed by atoms with van der Waals surface area (Å²) in [6, 6.07) is 14.5. The van der Waals surface area contributed by atoms with E-state index in [0.717, 1.165) is 47.5 Å². The van der Waals surface area contributed by atoms with Crippen molar-refractivity contribution in [1.82, 2.24) is 9.47 Å². The van der Waals surface area contributed by atoms with Crippen molar-refractivity contribution in [3.8, 4) is 5.75 Å². The first kappa shape index (κ1) is 18.0. The van der Waals surface area contributed by atoms with Gasteiger partial charge < -0.3 is 19.1 Å². The number of nitrogens with zero attached hydrogens (tertiary/aromatic N) is 3. The molecule has 0 radical (unpaired) electrons. The number of anilines is 1. The predicted octanol–water partition coefficient (Wildman–Crippen LogP) is 3.91. The number of carbonyl (C=O) groups is 1. The molecule has 0 aliphatic carbocycles. The van der Waals surface area contributed by atoms with Crippen LogP contribution < -0.4 is 9.64 Å². The van der Waals surface area contributed by atoms with Crippen molar-refractivity contribution in [3.05, 3.63) is 60.0 Å². The van der Waals surface area contributed by atoms with Crippen LogP contribution in [0.1, 0.15) is 23.8 Å². The highest BCUT2D eigenvalue weighted by atomic mass is 19.1. The molecule has 1 amide bonds. The van der Waals surface area contributed by atoms with Gasteiger partial charge in [-0.25, -0.2) is 4.39 Å². The normalized spacial score (nSPS) is 18.8. The van der Waals surface area contributed by atoms with E-state index in [9.17, 15) is 9.18 Å². The number of hydrogen-bond acceptors (Lipinski definition) is 3. The van der Waals surface area contributed by atoms with Crippen LogP contribution in [0.3, 0.4) is 0 Å². The maximum atomic E-state index is 13.4. The van der Waals surface area contributed by atoms with E-state index in [0.29, 0.717) is 19.6 Å². The quantitative estimate of drug-likeness (QED) is 0.677. The molecular formula is C23H24FN3O2. The molecule has 150 valence electrons. The molecule has 1 fully saturated rings. The van der Waals surface area contributed by atoms with Gasteiger partial charge in [-0.15, -0.1) is 0 Å². The van der Waals surface area contributed by atoms with E-state index < -0.39 is 0 Å². The SMILES string of the molecule is CC[C@H]1Cn2c(C(=O)N3CCN(c4ccc(F)cc4)CC3)cc3cccc(c32)O1. The molecule has 2 aliphatic rings. The molecule has 0 spiro atoms. The first-order valence-electron chi connectivity index (χ1n) is 10.2. The van der Waals surface area contributed by atoms with E-state index in [2.05, 4.69) is 16.4 Å². The summed E-state index contributed by atoms with van der Waals surface area (Å²) in [6.45, 7) is 5.59. The maximum absolute atomic E-state index is 13.4. The average Bonchev–Trinajstić information content (AvgIpc) is 3.14. The van der Waals surface area contributed by atoms with Crippen LogP contribution in [0.25, 0.3) is 10.9 Å². The number of halogens is 1. The fraction of sp³-hybridized carbons (Fsp3) is 0.348. The lowest BCUT2D eigenvalue weighted by Gasteiger charge is -2.36. The number of rotatable bonds is 3. The Labute approximate surface area is 169 Å². The second-order valence-electron chi connectivity index (χ2n) is 7.74. The Balaban J connectivity index is 1.38. The molecule has 5 nitrogen and oxygen atoms in total. The van der Waals surface area contributed by atoms with E-state index in [1.807, 2.05) is 29.2 Å². The summed E-state index contributed by atoms with van der Waals surface area (Å²) in [6.07, 6.45) is 0.986. The van der Waals surface area contributed by atoms with Crippen molar-refractivity contribution in [1.29, 1.82) is 0 Å². The summed E-state index contributed by atoms with van der Waals surface area (Å²) in [5.74, 6) is 0.703. The Bertz CT molecular complexity index is 1050. The van der Waals surface area contributed by atoms with Crippen LogP contribution in [0.5, 0.6) is 5.75 Å². The molecule has 0 unspecified atom stereocenters. The van der Waals surface area contributed by atoms with Crippen LogP contribution in [0, 0.1) is 5.82 Å². The van der Waals surface area contributed by atoms with Crippen LogP contribution in [0.4, 0.5) is 10.1 Å². The van der Waals surface area contributed by atoms with Gasteiger partial charge in [0.1, 0.15) is 23.4 Å². The largest absolute Gasteiger partial charge is 0.486 e. The zero-order valence-electron chi connectivity index (χ0n) is 16.5. The monoisotopic (exact) mass is 393 g/mol. The summed E-state index contributed by atoms with van der Waals surface area (Å²) in [4.78, 5) is 17.5. The number of benzene rings is 2. The lowest BCUT2D eigenvalue weighted by Crippen LogP contribution is -2.49. The average molecular weight is 393 g/mol. The molecular weight excluding hydrogens is 369 g/mol. The van der Waals surface area contributed by atoms with Crippen molar-refractivity contribution in [2.24, 2.45) is 0 Å². The molecule has 5 rings (SSSR count). The van der Waals surface area contributed by atoms with Gasteiger partial charge in [0.25, 0.3) is 5.91 Å². The minimum atomic E-state index is -0.231. The third kappa shape index (κ3) is 3.12. The van der Waals surface area contributed by atoms with Gasteiger partial charge in [0.2, 0.25) is 0 Å². The summed E-state index contributed by atoms with van der Waals surface area (Å²) >= 11 is 0. The Kier molecular flexibility index (Phi) is 4.42. The van der Waals surface area contributed by atoms with Crippen LogP contribution in [-0.2, 0) is 6.54 Å². The molecule has 0 N–H and O–H groups in total. The van der Waals surface area contributed by atoms with Crippen LogP contribution in [-0.4, -0.2) is 47.7 Å². The van der Waals surface area contributed by atoms with Gasteiger partial charge in [-0.2, -0.15) is 0 Å². The van der Waals surface area contributed by atoms with E-state index in [1.165, 1.54) is 12.1 Å². The first-order chi connectivity index (χ1) is 14.1. The van der Waals surface area contributed by atoms with E-state index >= 15 is 0 Å². The molecule has 1 atom stereocenters. The van der Waals surface area contributed by atoms with E-state index in [1.54, 1.807) is 12.1 Å². The van der Waals surface area contributed by atoms with Crippen molar-refractivity contribution in [3.63, 3.8) is 0 Å². The molecule has 0 saturated carbocycles. The fourth-order valence-electron chi connectivity index (χ4n) is 4.37. The standard InChI is InChI=1S/C23H24FN3O2/c1-2-19-15-27-20(14-16-4-3-5-21(29-19)22(16)27)23(28)26-12-10-25(11-13-26)18-8-6-17(24)7-9-18/h3-9,14,19H,2,10-13,15H2,1H3/t19-/m0/s1. The zero-order chi connectivity index (χ0) is 20.0. The number of para-hydroxylation sites is 1. The van der Waals surface area contributed by atoms with E-state index in [-0.39, 0.29) is 17.8 Å². The van der Waals surface area contributed by atoms with Crippen molar-refractivity contribution in [2.75, 3.05) is 31.1 Å². The van der Waals surface area contributed by atoms with Crippen molar-refractivity contribution in [2.45, 2.75) is 26.0 Å². The molecule has 3 aromatic rings. The molecule has 6 heteroatoms. The summed E-state index contributed by atoms with van der Waals surface area (Å²) in [7, 11) is 0. The minimum absolute atomic E-state index is 0.0719. The predicted molar refractivity (Wildman–Crippen MR) is 111 cm³/mol. The highest BCUT2D eigenvalue weighted by molar-refractivity contribution is 6.00. The summed E-state index contributed by atoms with van der Waals surface area (Å²) < 4.78 is 21.4. The molecule has 0 bridgehead atoms. The van der Waals surface area contributed by atoms with Crippen LogP contribution in [0.2, 0.25) is 0 Å². The van der Waals surface area contributed by atoms with Gasteiger partial charge in [0.05, 0.1) is 12.1 Å². The topological polar surface area (TPSA) is 37.7 Å². The number of hydrogen-bond donors (Lipinski definition) is 0. The van der Waals surface area contributed by atoms with Gasteiger partial charge in [-0.3, -0.25) is 4.79 Å². The third-order valence-electron chi connectivity index (χ3n) is 6.00. The number of piperazine rings is 1. The third-order valence-corrected chi connectivity index (χ3v) is 6.00. The van der Waals surface area contributed by atoms with Gasteiger partial charge in [0.15, 0.2) is 0 Å². The second-order valence-corrected chi connectivity index (χ2v) is 7.74. The van der Waals surface area contributed by atoms with Gasteiger partial charge in [-0.1, -0.05) is 19.1 Å². The number of ether oxygens (including phenoxy) is 1. The fourth-order valence-corrected chi connectivity index (χ4v) is 4.37. The van der Waals surface area contributed by atoms with Crippen LogP contribution >= 0.6 is 0 Å². The highest BCUT2D eigenvalue weighted by Crippen LogP contribution is 2.34. The first-order valence-corrected chi connectivity index (χ1v) is 10.2. The number of carbonyl (C=O) groups excluding carboxylic acids is 1. The minimum Gasteiger partial charge on any atom is -0.486 e. The Morgan fingerprint density at radius 3 is 2.59 bits per heavy atom. The molecule has 29 heavy (non-hydrogen) atoms. The van der Waals surface area contributed by atoms with Gasteiger partial charge in [-0.05, 0) is 42.8 Å².